The molecule has 1 saturated carbocycles. The SMILES string of the molecule is CN(CC(=O)Nc1ccc(F)cc1)CC(=O)N(C1CCCCC1)[C@@H]1CCS(=O)(=O)C1. The van der Waals surface area contributed by atoms with Crippen molar-refractivity contribution in [2.45, 2.75) is 50.6 Å². The van der Waals surface area contributed by atoms with E-state index in [0.717, 1.165) is 32.1 Å². The Labute approximate surface area is 177 Å². The fourth-order valence-electron chi connectivity index (χ4n) is 4.41. The Morgan fingerprint density at radius 1 is 1.03 bits per heavy atom. The highest BCUT2D eigenvalue weighted by Crippen LogP contribution is 2.28. The Morgan fingerprint density at radius 2 is 1.70 bits per heavy atom. The van der Waals surface area contributed by atoms with Gasteiger partial charge in [-0.3, -0.25) is 14.5 Å². The molecule has 1 N–H and O–H groups in total. The number of anilines is 1. The van der Waals surface area contributed by atoms with Crippen LogP contribution in [0.2, 0.25) is 0 Å². The van der Waals surface area contributed by atoms with Gasteiger partial charge >= 0.3 is 0 Å². The third-order valence-corrected chi connectivity index (χ3v) is 7.55. The highest BCUT2D eigenvalue weighted by Gasteiger charge is 2.38. The first-order valence-corrected chi connectivity index (χ1v) is 12.3. The number of hydrogen-bond acceptors (Lipinski definition) is 5. The maximum atomic E-state index is 13.1. The molecule has 0 bridgehead atoms. The van der Waals surface area contributed by atoms with Gasteiger partial charge in [0.25, 0.3) is 0 Å². The monoisotopic (exact) mass is 439 g/mol. The summed E-state index contributed by atoms with van der Waals surface area (Å²) in [5.74, 6) is -0.647. The predicted octanol–water partition coefficient (Wildman–Crippen LogP) is 2.04. The normalized spacial score (nSPS) is 21.5. The Kier molecular flexibility index (Phi) is 7.46. The van der Waals surface area contributed by atoms with Crippen molar-refractivity contribution in [2.24, 2.45) is 0 Å². The second kappa shape index (κ2) is 9.87. The predicted molar refractivity (Wildman–Crippen MR) is 113 cm³/mol. The molecule has 30 heavy (non-hydrogen) atoms. The highest BCUT2D eigenvalue weighted by molar-refractivity contribution is 7.91. The second-order valence-electron chi connectivity index (χ2n) is 8.38. The van der Waals surface area contributed by atoms with Crippen molar-refractivity contribution in [1.29, 1.82) is 0 Å². The fraction of sp³-hybridized carbons (Fsp3) is 0.619. The van der Waals surface area contributed by atoms with Gasteiger partial charge < -0.3 is 10.2 Å². The Hall–Kier alpha value is -2.00. The molecule has 0 radical (unpaired) electrons. The van der Waals surface area contributed by atoms with E-state index in [1.165, 1.54) is 24.3 Å². The van der Waals surface area contributed by atoms with E-state index in [4.69, 9.17) is 0 Å². The molecule has 1 aromatic carbocycles. The number of hydrogen-bond donors (Lipinski definition) is 1. The highest BCUT2D eigenvalue weighted by atomic mass is 32.2. The number of carbonyl (C=O) groups excluding carboxylic acids is 2. The standard InChI is InChI=1S/C21H30FN3O4S/c1-24(13-20(26)23-17-9-7-16(22)8-10-17)14-21(27)25(18-5-3-2-4-6-18)19-11-12-30(28,29)15-19/h7-10,18-19H,2-6,11-15H2,1H3,(H,23,26)/t19-/m1/s1. The van der Waals surface area contributed by atoms with Crippen molar-refractivity contribution in [1.82, 2.24) is 9.80 Å². The lowest BCUT2D eigenvalue weighted by Gasteiger charge is -2.39. The Morgan fingerprint density at radius 3 is 2.30 bits per heavy atom. The number of nitrogens with zero attached hydrogens (tertiary/aromatic N) is 2. The van der Waals surface area contributed by atoms with Gasteiger partial charge in [0.1, 0.15) is 5.82 Å². The zero-order chi connectivity index (χ0) is 21.7. The van der Waals surface area contributed by atoms with Gasteiger partial charge in [-0.2, -0.15) is 0 Å². The molecular formula is C21H30FN3O4S. The number of rotatable bonds is 7. The fourth-order valence-corrected chi connectivity index (χ4v) is 6.12. The molecular weight excluding hydrogens is 409 g/mol. The van der Waals surface area contributed by atoms with E-state index in [1.54, 1.807) is 16.8 Å². The minimum atomic E-state index is -3.10. The molecule has 2 fully saturated rings. The molecule has 9 heteroatoms. The molecule has 1 aliphatic heterocycles. The summed E-state index contributed by atoms with van der Waals surface area (Å²) in [6, 6.07) is 5.28. The molecule has 0 spiro atoms. The summed E-state index contributed by atoms with van der Waals surface area (Å²) < 4.78 is 37.0. The molecule has 2 aliphatic rings. The molecule has 1 saturated heterocycles. The number of nitrogens with one attached hydrogen (secondary N) is 1. The lowest BCUT2D eigenvalue weighted by Crippen LogP contribution is -2.52. The first-order valence-electron chi connectivity index (χ1n) is 10.5. The third-order valence-electron chi connectivity index (χ3n) is 5.80. The van der Waals surface area contributed by atoms with E-state index in [-0.39, 0.29) is 54.3 Å². The van der Waals surface area contributed by atoms with E-state index in [9.17, 15) is 22.4 Å². The maximum Gasteiger partial charge on any atom is 0.238 e. The molecule has 1 aliphatic carbocycles. The molecule has 2 amide bonds. The Balaban J connectivity index is 1.59. The minimum Gasteiger partial charge on any atom is -0.335 e. The van der Waals surface area contributed by atoms with Crippen molar-refractivity contribution < 1.29 is 22.4 Å². The first-order chi connectivity index (χ1) is 14.2. The molecule has 1 aromatic rings. The summed E-state index contributed by atoms with van der Waals surface area (Å²) >= 11 is 0. The van der Waals surface area contributed by atoms with Crippen LogP contribution in [0.15, 0.2) is 24.3 Å². The zero-order valence-corrected chi connectivity index (χ0v) is 18.2. The molecule has 0 unspecified atom stereocenters. The van der Waals surface area contributed by atoms with E-state index >= 15 is 0 Å². The molecule has 0 aromatic heterocycles. The van der Waals surface area contributed by atoms with Gasteiger partial charge in [0.05, 0.1) is 24.6 Å². The van der Waals surface area contributed by atoms with Gasteiger partial charge in [-0.15, -0.1) is 0 Å². The summed E-state index contributed by atoms with van der Waals surface area (Å²) in [6.45, 7) is 0.0501. The molecule has 166 valence electrons. The van der Waals surface area contributed by atoms with Crippen molar-refractivity contribution in [3.8, 4) is 0 Å². The van der Waals surface area contributed by atoms with E-state index < -0.39 is 9.84 Å². The van der Waals surface area contributed by atoms with E-state index in [1.807, 2.05) is 0 Å². The van der Waals surface area contributed by atoms with Crippen molar-refractivity contribution >= 4 is 27.3 Å². The van der Waals surface area contributed by atoms with Crippen molar-refractivity contribution in [2.75, 3.05) is 37.0 Å². The minimum absolute atomic E-state index is 0.00455. The van der Waals surface area contributed by atoms with E-state index in [2.05, 4.69) is 5.32 Å². The van der Waals surface area contributed by atoms with Gasteiger partial charge in [0.2, 0.25) is 11.8 Å². The largest absolute Gasteiger partial charge is 0.335 e. The number of sulfone groups is 1. The summed E-state index contributed by atoms with van der Waals surface area (Å²) in [5, 5.41) is 2.68. The van der Waals surface area contributed by atoms with Crippen molar-refractivity contribution in [3.63, 3.8) is 0 Å². The van der Waals surface area contributed by atoms with Crippen LogP contribution in [0.1, 0.15) is 38.5 Å². The first kappa shape index (κ1) is 22.7. The molecule has 7 nitrogen and oxygen atoms in total. The number of benzene rings is 1. The van der Waals surface area contributed by atoms with Crippen LogP contribution in [0.25, 0.3) is 0 Å². The van der Waals surface area contributed by atoms with Crippen LogP contribution in [0.4, 0.5) is 10.1 Å². The van der Waals surface area contributed by atoms with Gasteiger partial charge in [-0.1, -0.05) is 19.3 Å². The smallest absolute Gasteiger partial charge is 0.238 e. The summed E-state index contributed by atoms with van der Waals surface area (Å²) in [6.07, 6.45) is 5.52. The van der Waals surface area contributed by atoms with Crippen LogP contribution in [0.3, 0.4) is 0 Å². The third kappa shape index (κ3) is 6.25. The van der Waals surface area contributed by atoms with Gasteiger partial charge in [-0.25, -0.2) is 12.8 Å². The Bertz CT molecular complexity index is 854. The van der Waals surface area contributed by atoms with Crippen LogP contribution >= 0.6 is 0 Å². The number of amides is 2. The van der Waals surface area contributed by atoms with Crippen LogP contribution in [0, 0.1) is 5.82 Å². The summed E-state index contributed by atoms with van der Waals surface area (Å²) in [5.41, 5.74) is 0.487. The average molecular weight is 440 g/mol. The summed E-state index contributed by atoms with van der Waals surface area (Å²) in [4.78, 5) is 28.8. The van der Waals surface area contributed by atoms with Crippen LogP contribution in [-0.2, 0) is 19.4 Å². The number of likely N-dealkylation sites (N-methyl/N-ethyl adjacent to an activating group) is 1. The topological polar surface area (TPSA) is 86.8 Å². The van der Waals surface area contributed by atoms with Gasteiger partial charge in [-0.05, 0) is 50.6 Å². The molecule has 1 atom stereocenters. The molecule has 1 heterocycles. The number of carbonyl (C=O) groups is 2. The summed E-state index contributed by atoms with van der Waals surface area (Å²) in [7, 11) is -1.41. The van der Waals surface area contributed by atoms with Crippen LogP contribution in [-0.4, -0.2) is 73.8 Å². The lowest BCUT2D eigenvalue weighted by atomic mass is 9.93. The van der Waals surface area contributed by atoms with Gasteiger partial charge in [0, 0.05) is 17.8 Å². The lowest BCUT2D eigenvalue weighted by molar-refractivity contribution is -0.137. The van der Waals surface area contributed by atoms with E-state index in [0.29, 0.717) is 12.1 Å². The average Bonchev–Trinajstić information content (AvgIpc) is 3.03. The zero-order valence-electron chi connectivity index (χ0n) is 17.3. The maximum absolute atomic E-state index is 13.1. The number of halogens is 1. The second-order valence-corrected chi connectivity index (χ2v) is 10.6. The van der Waals surface area contributed by atoms with Gasteiger partial charge in [0.15, 0.2) is 9.84 Å². The van der Waals surface area contributed by atoms with Crippen LogP contribution in [0.5, 0.6) is 0 Å². The van der Waals surface area contributed by atoms with Crippen LogP contribution < -0.4 is 5.32 Å². The van der Waals surface area contributed by atoms with Crippen molar-refractivity contribution in [3.05, 3.63) is 30.1 Å². The quantitative estimate of drug-likeness (QED) is 0.703. The molecule has 3 rings (SSSR count).